The fourth-order valence-electron chi connectivity index (χ4n) is 3.95. The van der Waals surface area contributed by atoms with Crippen molar-refractivity contribution in [2.75, 3.05) is 25.0 Å². The molecule has 0 aromatic carbocycles. The molecule has 1 amide bonds. The second-order valence-corrected chi connectivity index (χ2v) is 9.82. The van der Waals surface area contributed by atoms with Crippen molar-refractivity contribution in [2.45, 2.75) is 50.8 Å². The molecule has 2 aromatic rings. The highest BCUT2D eigenvalue weighted by molar-refractivity contribution is 7.89. The van der Waals surface area contributed by atoms with Gasteiger partial charge in [-0.15, -0.1) is 0 Å². The first kappa shape index (κ1) is 23.3. The minimum absolute atomic E-state index is 0.0960. The van der Waals surface area contributed by atoms with Gasteiger partial charge in [-0.3, -0.25) is 4.79 Å². The molecule has 0 spiro atoms. The maximum atomic E-state index is 12.9. The van der Waals surface area contributed by atoms with E-state index in [1.165, 1.54) is 40.4 Å². The summed E-state index contributed by atoms with van der Waals surface area (Å²) in [4.78, 5) is 17.3. The van der Waals surface area contributed by atoms with Gasteiger partial charge < -0.3 is 14.6 Å². The van der Waals surface area contributed by atoms with E-state index in [1.54, 1.807) is 39.2 Å². The number of nitrogens with zero attached hydrogens (tertiary/aromatic N) is 3. The van der Waals surface area contributed by atoms with Crippen molar-refractivity contribution in [3.05, 3.63) is 36.3 Å². The summed E-state index contributed by atoms with van der Waals surface area (Å²) in [5, 5.41) is 2.77. The number of nitrogens with one attached hydrogen (secondary N) is 1. The highest BCUT2D eigenvalue weighted by Gasteiger charge is 2.26. The van der Waals surface area contributed by atoms with Gasteiger partial charge >= 0.3 is 0 Å². The number of anilines is 1. The Morgan fingerprint density at radius 1 is 1.26 bits per heavy atom. The molecule has 31 heavy (non-hydrogen) atoms. The summed E-state index contributed by atoms with van der Waals surface area (Å²) in [5.74, 6) is 0.937. The number of hydrogen-bond donors (Lipinski definition) is 1. The second kappa shape index (κ2) is 10.3. The lowest BCUT2D eigenvalue weighted by molar-refractivity contribution is 0.101. The maximum absolute atomic E-state index is 12.9. The third-order valence-electron chi connectivity index (χ3n) is 5.76. The first-order chi connectivity index (χ1) is 14.9. The number of amides is 1. The number of ether oxygens (including phenoxy) is 1. The predicted molar refractivity (Wildman–Crippen MR) is 120 cm³/mol. The summed E-state index contributed by atoms with van der Waals surface area (Å²) in [6, 6.07) is 4.95. The van der Waals surface area contributed by atoms with Gasteiger partial charge in [0.25, 0.3) is 5.91 Å². The summed E-state index contributed by atoms with van der Waals surface area (Å²) in [6.07, 6.45) is 9.12. The van der Waals surface area contributed by atoms with Gasteiger partial charge in [-0.25, -0.2) is 13.4 Å². The summed E-state index contributed by atoms with van der Waals surface area (Å²) >= 11 is 0. The van der Waals surface area contributed by atoms with E-state index >= 15 is 0 Å². The van der Waals surface area contributed by atoms with E-state index in [0.717, 1.165) is 12.8 Å². The zero-order valence-corrected chi connectivity index (χ0v) is 19.3. The fraction of sp³-hybridized carbons (Fsp3) is 0.545. The molecular weight excluding hydrogens is 416 g/mol. The Hall–Kier alpha value is -2.39. The first-order valence-electron chi connectivity index (χ1n) is 10.9. The monoisotopic (exact) mass is 448 g/mol. The van der Waals surface area contributed by atoms with Gasteiger partial charge in [0.1, 0.15) is 10.6 Å². The topological polar surface area (TPSA) is 93.5 Å². The van der Waals surface area contributed by atoms with Crippen LogP contribution >= 0.6 is 0 Å². The normalized spacial score (nSPS) is 15.2. The number of sulfonamides is 1. The van der Waals surface area contributed by atoms with Crippen LogP contribution in [0, 0.1) is 5.92 Å². The van der Waals surface area contributed by atoms with Crippen LogP contribution in [0.5, 0.6) is 5.75 Å². The van der Waals surface area contributed by atoms with Gasteiger partial charge in [-0.2, -0.15) is 4.31 Å². The lowest BCUT2D eigenvalue weighted by Crippen LogP contribution is -2.30. The molecular formula is C22H32N4O4S. The summed E-state index contributed by atoms with van der Waals surface area (Å²) in [7, 11) is -2.00. The Bertz CT molecular complexity index is 993. The molecule has 1 aliphatic carbocycles. The van der Waals surface area contributed by atoms with E-state index in [-0.39, 0.29) is 10.6 Å². The summed E-state index contributed by atoms with van der Waals surface area (Å²) in [5.41, 5.74) is 0.231. The SMILES string of the molecule is CCN(CC)S(=O)(=O)c1cc(C(=O)Nc2ncccc2OCC2CCCCC2)n(C)c1. The average Bonchev–Trinajstić information content (AvgIpc) is 3.17. The minimum atomic E-state index is -3.65. The smallest absolute Gasteiger partial charge is 0.273 e. The summed E-state index contributed by atoms with van der Waals surface area (Å²) in [6.45, 7) is 4.90. The third-order valence-corrected chi connectivity index (χ3v) is 7.77. The molecule has 1 N–H and O–H groups in total. The number of hydrogen-bond acceptors (Lipinski definition) is 5. The van der Waals surface area contributed by atoms with Crippen LogP contribution in [0.25, 0.3) is 0 Å². The largest absolute Gasteiger partial charge is 0.489 e. The Labute approximate surface area is 184 Å². The molecule has 170 valence electrons. The molecule has 0 unspecified atom stereocenters. The Morgan fingerprint density at radius 2 is 1.97 bits per heavy atom. The number of aromatic nitrogens is 2. The van der Waals surface area contributed by atoms with Gasteiger partial charge in [-0.05, 0) is 37.0 Å². The van der Waals surface area contributed by atoms with Crippen molar-refractivity contribution in [1.29, 1.82) is 0 Å². The van der Waals surface area contributed by atoms with E-state index in [4.69, 9.17) is 4.74 Å². The van der Waals surface area contributed by atoms with Crippen LogP contribution in [-0.2, 0) is 17.1 Å². The van der Waals surface area contributed by atoms with Crippen LogP contribution < -0.4 is 10.1 Å². The standard InChI is InChI=1S/C22H32N4O4S/c1-4-26(5-2)31(28,29)18-14-19(25(3)15-18)22(27)24-21-20(12-9-13-23-21)30-16-17-10-7-6-8-11-17/h9,12-15,17H,4-8,10-11,16H2,1-3H3,(H,23,24,27). The van der Waals surface area contributed by atoms with Crippen molar-refractivity contribution >= 4 is 21.7 Å². The number of rotatable bonds is 9. The molecule has 2 aromatic heterocycles. The first-order valence-corrected chi connectivity index (χ1v) is 12.4. The van der Waals surface area contributed by atoms with E-state index in [0.29, 0.717) is 37.2 Å². The highest BCUT2D eigenvalue weighted by atomic mass is 32.2. The Morgan fingerprint density at radius 3 is 2.65 bits per heavy atom. The molecule has 8 nitrogen and oxygen atoms in total. The average molecular weight is 449 g/mol. The Balaban J connectivity index is 1.74. The van der Waals surface area contributed by atoms with E-state index < -0.39 is 15.9 Å². The van der Waals surface area contributed by atoms with Gasteiger partial charge in [0.2, 0.25) is 10.0 Å². The van der Waals surface area contributed by atoms with Crippen LogP contribution in [0.3, 0.4) is 0 Å². The molecule has 0 atom stereocenters. The molecule has 1 saturated carbocycles. The van der Waals surface area contributed by atoms with Gasteiger partial charge in [-0.1, -0.05) is 33.1 Å². The van der Waals surface area contributed by atoms with Gasteiger partial charge in [0.15, 0.2) is 11.6 Å². The minimum Gasteiger partial charge on any atom is -0.489 e. The van der Waals surface area contributed by atoms with Crippen molar-refractivity contribution < 1.29 is 17.9 Å². The molecule has 0 saturated heterocycles. The number of carbonyl (C=O) groups is 1. The van der Waals surface area contributed by atoms with Gasteiger partial charge in [0.05, 0.1) is 6.61 Å². The zero-order chi connectivity index (χ0) is 22.4. The van der Waals surface area contributed by atoms with E-state index in [1.807, 2.05) is 0 Å². The molecule has 1 fully saturated rings. The number of carbonyl (C=O) groups excluding carboxylic acids is 1. The summed E-state index contributed by atoms with van der Waals surface area (Å²) < 4.78 is 34.4. The van der Waals surface area contributed by atoms with E-state index in [2.05, 4.69) is 10.3 Å². The molecule has 0 bridgehead atoms. The maximum Gasteiger partial charge on any atom is 0.273 e. The molecule has 1 aliphatic rings. The molecule has 3 rings (SSSR count). The van der Waals surface area contributed by atoms with Crippen LogP contribution in [0.4, 0.5) is 5.82 Å². The number of pyridine rings is 1. The fourth-order valence-corrected chi connectivity index (χ4v) is 5.48. The highest BCUT2D eigenvalue weighted by Crippen LogP contribution is 2.27. The van der Waals surface area contributed by atoms with Crippen LogP contribution in [0.1, 0.15) is 56.4 Å². The van der Waals surface area contributed by atoms with Crippen molar-refractivity contribution in [3.63, 3.8) is 0 Å². The molecule has 2 heterocycles. The molecule has 0 aliphatic heterocycles. The van der Waals surface area contributed by atoms with Crippen molar-refractivity contribution in [2.24, 2.45) is 13.0 Å². The lowest BCUT2D eigenvalue weighted by Gasteiger charge is -2.22. The van der Waals surface area contributed by atoms with Crippen molar-refractivity contribution in [1.82, 2.24) is 13.9 Å². The number of aryl methyl sites for hydroxylation is 1. The quantitative estimate of drug-likeness (QED) is 0.632. The van der Waals surface area contributed by atoms with Crippen LogP contribution in [0.2, 0.25) is 0 Å². The van der Waals surface area contributed by atoms with Gasteiger partial charge in [0, 0.05) is 32.5 Å². The zero-order valence-electron chi connectivity index (χ0n) is 18.5. The van der Waals surface area contributed by atoms with Crippen LogP contribution in [0.15, 0.2) is 35.5 Å². The molecule has 0 radical (unpaired) electrons. The Kier molecular flexibility index (Phi) is 7.72. The second-order valence-electron chi connectivity index (χ2n) is 7.88. The van der Waals surface area contributed by atoms with Crippen LogP contribution in [-0.4, -0.2) is 47.9 Å². The van der Waals surface area contributed by atoms with E-state index in [9.17, 15) is 13.2 Å². The third kappa shape index (κ3) is 5.46. The predicted octanol–water partition coefficient (Wildman–Crippen LogP) is 3.66. The molecule has 9 heteroatoms. The van der Waals surface area contributed by atoms with Crippen molar-refractivity contribution in [3.8, 4) is 5.75 Å². The lowest BCUT2D eigenvalue weighted by atomic mass is 9.90.